The molecule has 1 aromatic heterocycles. The summed E-state index contributed by atoms with van der Waals surface area (Å²) in [5, 5.41) is 34.4. The molecule has 0 radical (unpaired) electrons. The first-order valence-electron chi connectivity index (χ1n) is 10.3. The number of primary amides is 1. The van der Waals surface area contributed by atoms with Crippen molar-refractivity contribution in [1.29, 1.82) is 10.5 Å². The third-order valence-electron chi connectivity index (χ3n) is 4.89. The molecule has 0 saturated carbocycles. The maximum Gasteiger partial charge on any atom is 0.235 e. The van der Waals surface area contributed by atoms with Crippen LogP contribution < -0.4 is 16.4 Å². The molecule has 10 heteroatoms. The zero-order valence-electron chi connectivity index (χ0n) is 18.5. The average Bonchev–Trinajstić information content (AvgIpc) is 2.81. The highest BCUT2D eigenvalue weighted by molar-refractivity contribution is 8.00. The summed E-state index contributed by atoms with van der Waals surface area (Å²) >= 11 is 1.07. The van der Waals surface area contributed by atoms with Crippen LogP contribution in [0.3, 0.4) is 0 Å². The topological polar surface area (TPSA) is 165 Å². The highest BCUT2D eigenvalue weighted by Gasteiger charge is 2.25. The summed E-state index contributed by atoms with van der Waals surface area (Å²) < 4.78 is 0. The van der Waals surface area contributed by atoms with Crippen molar-refractivity contribution in [2.24, 2.45) is 5.73 Å². The lowest BCUT2D eigenvalue weighted by Gasteiger charge is -2.20. The summed E-state index contributed by atoms with van der Waals surface area (Å²) in [4.78, 5) is 27.9. The van der Waals surface area contributed by atoms with E-state index in [1.165, 1.54) is 6.92 Å². The summed E-state index contributed by atoms with van der Waals surface area (Å²) in [5.41, 5.74) is 7.76. The standard InChI is InChI=1S/C23H26N6O3S/c1-3-17-18(9-24)20(12-28-16(13-30)11-27-14(2)31)29-23(19(17)10-25)33-21(22(26)32)15-7-5-4-6-8-15/h4-8,16,21,28,30H,3,11-13H2,1-2H3,(H2,26,32)(H,27,31). The number of carbonyl (C=O) groups is 2. The third kappa shape index (κ3) is 6.77. The van der Waals surface area contributed by atoms with Crippen molar-refractivity contribution in [3.8, 4) is 12.1 Å². The fraction of sp³-hybridized carbons (Fsp3) is 0.348. The Morgan fingerprint density at radius 3 is 2.39 bits per heavy atom. The monoisotopic (exact) mass is 466 g/mol. The number of hydrogen-bond donors (Lipinski definition) is 4. The van der Waals surface area contributed by atoms with E-state index in [0.29, 0.717) is 28.3 Å². The normalized spacial score (nSPS) is 12.3. The molecule has 0 saturated heterocycles. The van der Waals surface area contributed by atoms with Crippen LogP contribution in [0.5, 0.6) is 0 Å². The lowest BCUT2D eigenvalue weighted by atomic mass is 10.00. The summed E-state index contributed by atoms with van der Waals surface area (Å²) in [6, 6.07) is 12.8. The van der Waals surface area contributed by atoms with Crippen LogP contribution in [-0.2, 0) is 22.6 Å². The van der Waals surface area contributed by atoms with Crippen molar-refractivity contribution in [2.75, 3.05) is 13.2 Å². The predicted molar refractivity (Wildman–Crippen MR) is 124 cm³/mol. The van der Waals surface area contributed by atoms with Crippen LogP contribution in [0.4, 0.5) is 0 Å². The number of amides is 2. The molecule has 0 spiro atoms. The molecule has 0 aliphatic heterocycles. The van der Waals surface area contributed by atoms with Gasteiger partial charge in [0.1, 0.15) is 22.4 Å². The van der Waals surface area contributed by atoms with Gasteiger partial charge in [-0.2, -0.15) is 10.5 Å². The first-order chi connectivity index (χ1) is 15.9. The molecule has 2 atom stereocenters. The molecule has 0 bridgehead atoms. The molecule has 0 fully saturated rings. The van der Waals surface area contributed by atoms with Gasteiger partial charge in [-0.15, -0.1) is 0 Å². The largest absolute Gasteiger partial charge is 0.395 e. The predicted octanol–water partition coefficient (Wildman–Crippen LogP) is 1.29. The van der Waals surface area contributed by atoms with Crippen molar-refractivity contribution in [3.05, 3.63) is 58.3 Å². The number of rotatable bonds is 11. The Bertz CT molecular complexity index is 1080. The Morgan fingerprint density at radius 2 is 1.88 bits per heavy atom. The smallest absolute Gasteiger partial charge is 0.235 e. The van der Waals surface area contributed by atoms with E-state index in [9.17, 15) is 25.2 Å². The number of nitrogens with two attached hydrogens (primary N) is 1. The number of nitriles is 2. The molecule has 2 unspecified atom stereocenters. The first-order valence-corrected chi connectivity index (χ1v) is 11.2. The van der Waals surface area contributed by atoms with Crippen LogP contribution >= 0.6 is 11.8 Å². The van der Waals surface area contributed by atoms with Crippen molar-refractivity contribution in [3.63, 3.8) is 0 Å². The number of hydrogen-bond acceptors (Lipinski definition) is 8. The van der Waals surface area contributed by atoms with Crippen LogP contribution in [0.2, 0.25) is 0 Å². The van der Waals surface area contributed by atoms with Crippen LogP contribution in [-0.4, -0.2) is 41.1 Å². The lowest BCUT2D eigenvalue weighted by Crippen LogP contribution is -2.42. The van der Waals surface area contributed by atoms with Crippen molar-refractivity contribution >= 4 is 23.6 Å². The average molecular weight is 467 g/mol. The number of thioether (sulfide) groups is 1. The van der Waals surface area contributed by atoms with Gasteiger partial charge in [0, 0.05) is 26.1 Å². The number of aliphatic hydroxyl groups excluding tert-OH is 1. The van der Waals surface area contributed by atoms with Crippen molar-refractivity contribution in [2.45, 2.75) is 43.1 Å². The van der Waals surface area contributed by atoms with E-state index in [1.807, 2.05) is 13.0 Å². The van der Waals surface area contributed by atoms with Gasteiger partial charge in [0.25, 0.3) is 0 Å². The number of aromatic nitrogens is 1. The summed E-state index contributed by atoms with van der Waals surface area (Å²) in [6.07, 6.45) is 0.413. The molecular weight excluding hydrogens is 440 g/mol. The Morgan fingerprint density at radius 1 is 1.21 bits per heavy atom. The molecule has 0 aliphatic rings. The second-order valence-electron chi connectivity index (χ2n) is 7.18. The van der Waals surface area contributed by atoms with E-state index >= 15 is 0 Å². The van der Waals surface area contributed by atoms with Gasteiger partial charge in [0.2, 0.25) is 11.8 Å². The maximum absolute atomic E-state index is 12.2. The summed E-state index contributed by atoms with van der Waals surface area (Å²) in [6.45, 7) is 3.29. The van der Waals surface area contributed by atoms with Crippen LogP contribution in [0.1, 0.15) is 47.0 Å². The van der Waals surface area contributed by atoms with E-state index in [4.69, 9.17) is 5.73 Å². The first kappa shape index (κ1) is 25.8. The number of benzene rings is 1. The molecule has 5 N–H and O–H groups in total. The molecule has 33 heavy (non-hydrogen) atoms. The Kier molecular flexibility index (Phi) is 9.83. The van der Waals surface area contributed by atoms with Crippen LogP contribution in [0, 0.1) is 22.7 Å². The number of carbonyl (C=O) groups excluding carboxylic acids is 2. The Labute approximate surface area is 197 Å². The molecular formula is C23H26N6O3S. The minimum atomic E-state index is -0.769. The van der Waals surface area contributed by atoms with Crippen molar-refractivity contribution < 1.29 is 14.7 Å². The molecule has 2 aromatic rings. The zero-order valence-corrected chi connectivity index (χ0v) is 19.3. The number of pyridine rings is 1. The van der Waals surface area contributed by atoms with Gasteiger partial charge in [0.15, 0.2) is 0 Å². The van der Waals surface area contributed by atoms with E-state index < -0.39 is 17.2 Å². The van der Waals surface area contributed by atoms with Gasteiger partial charge < -0.3 is 21.5 Å². The molecule has 1 aromatic carbocycles. The van der Waals surface area contributed by atoms with E-state index in [1.54, 1.807) is 24.3 Å². The molecule has 2 rings (SSSR count). The molecule has 9 nitrogen and oxygen atoms in total. The van der Waals surface area contributed by atoms with E-state index in [0.717, 1.165) is 11.8 Å². The van der Waals surface area contributed by atoms with Gasteiger partial charge in [-0.05, 0) is 17.5 Å². The lowest BCUT2D eigenvalue weighted by molar-refractivity contribution is -0.119. The number of aliphatic hydroxyl groups is 1. The van der Waals surface area contributed by atoms with Gasteiger partial charge >= 0.3 is 0 Å². The van der Waals surface area contributed by atoms with E-state index in [-0.39, 0.29) is 36.7 Å². The molecule has 0 aliphatic carbocycles. The quantitative estimate of drug-likeness (QED) is 0.360. The summed E-state index contributed by atoms with van der Waals surface area (Å²) in [7, 11) is 0. The van der Waals surface area contributed by atoms with Gasteiger partial charge in [-0.1, -0.05) is 49.0 Å². The van der Waals surface area contributed by atoms with Crippen LogP contribution in [0.25, 0.3) is 0 Å². The highest BCUT2D eigenvalue weighted by Crippen LogP contribution is 2.37. The highest BCUT2D eigenvalue weighted by atomic mass is 32.2. The molecule has 1 heterocycles. The van der Waals surface area contributed by atoms with E-state index in [2.05, 4.69) is 27.8 Å². The maximum atomic E-state index is 12.2. The SMILES string of the molecule is CCc1c(C#N)c(CNC(CO)CNC(C)=O)nc(SC(C(N)=O)c2ccccc2)c1C#N. The fourth-order valence-corrected chi connectivity index (χ4v) is 4.30. The second kappa shape index (κ2) is 12.6. The number of nitrogens with zero attached hydrogens (tertiary/aromatic N) is 3. The Balaban J connectivity index is 2.46. The van der Waals surface area contributed by atoms with Gasteiger partial charge in [-0.25, -0.2) is 4.98 Å². The van der Waals surface area contributed by atoms with Gasteiger partial charge in [-0.3, -0.25) is 9.59 Å². The minimum absolute atomic E-state index is 0.118. The van der Waals surface area contributed by atoms with Crippen LogP contribution in [0.15, 0.2) is 35.4 Å². The second-order valence-corrected chi connectivity index (χ2v) is 8.27. The minimum Gasteiger partial charge on any atom is -0.395 e. The zero-order chi connectivity index (χ0) is 24.4. The molecule has 2 amide bonds. The fourth-order valence-electron chi connectivity index (χ4n) is 3.22. The Hall–Kier alpha value is -3.44. The number of nitrogens with one attached hydrogen (secondary N) is 2. The van der Waals surface area contributed by atoms with Crippen molar-refractivity contribution in [1.82, 2.24) is 15.6 Å². The van der Waals surface area contributed by atoms with Gasteiger partial charge in [0.05, 0.1) is 23.4 Å². The third-order valence-corrected chi connectivity index (χ3v) is 6.14. The molecule has 172 valence electrons. The summed E-state index contributed by atoms with van der Waals surface area (Å²) in [5.74, 6) is -0.801.